The first-order valence-electron chi connectivity index (χ1n) is 8.17. The molecule has 0 amide bonds. The Morgan fingerprint density at radius 3 is 2.12 bits per heavy atom. The van der Waals surface area contributed by atoms with Crippen molar-refractivity contribution in [2.24, 2.45) is 0 Å². The molecule has 0 spiro atoms. The summed E-state index contributed by atoms with van der Waals surface area (Å²) in [5, 5.41) is 0. The highest BCUT2D eigenvalue weighted by Gasteiger charge is 2.27. The molecular formula is C22H17BrO3. The lowest BCUT2D eigenvalue weighted by molar-refractivity contribution is 0.0279. The molecular weight excluding hydrogens is 392 g/mol. The summed E-state index contributed by atoms with van der Waals surface area (Å²) in [6.45, 7) is 1.95. The highest BCUT2D eigenvalue weighted by atomic mass is 79.9. The maximum Gasteiger partial charge on any atom is 0.340 e. The Bertz CT molecular complexity index is 918. The lowest BCUT2D eigenvalue weighted by atomic mass is 9.99. The number of hydrogen-bond donors (Lipinski definition) is 0. The van der Waals surface area contributed by atoms with E-state index in [-0.39, 0.29) is 5.78 Å². The predicted octanol–water partition coefficient (Wildman–Crippen LogP) is 5.54. The summed E-state index contributed by atoms with van der Waals surface area (Å²) in [5.74, 6) is -0.802. The van der Waals surface area contributed by atoms with Gasteiger partial charge in [-0.25, -0.2) is 4.79 Å². The highest BCUT2D eigenvalue weighted by Crippen LogP contribution is 2.26. The molecule has 0 saturated carbocycles. The number of aryl methyl sites for hydroxylation is 1. The number of Topliss-reactive ketones (excluding diaryl/α,β-unsaturated/α-hetero) is 1. The fraction of sp³-hybridized carbons (Fsp3) is 0.0909. The maximum atomic E-state index is 13.0. The second kappa shape index (κ2) is 8.11. The topological polar surface area (TPSA) is 43.4 Å². The van der Waals surface area contributed by atoms with Gasteiger partial charge in [0.15, 0.2) is 6.10 Å². The molecule has 3 aromatic rings. The number of esters is 1. The summed E-state index contributed by atoms with van der Waals surface area (Å²) < 4.78 is 6.26. The number of benzene rings is 3. The van der Waals surface area contributed by atoms with Crippen LogP contribution in [0.3, 0.4) is 0 Å². The lowest BCUT2D eigenvalue weighted by Crippen LogP contribution is -2.20. The van der Waals surface area contributed by atoms with Gasteiger partial charge in [0.2, 0.25) is 5.78 Å². The Balaban J connectivity index is 1.94. The first-order chi connectivity index (χ1) is 12.6. The number of rotatable bonds is 5. The first kappa shape index (κ1) is 18.1. The minimum atomic E-state index is -1.00. The van der Waals surface area contributed by atoms with E-state index in [1.54, 1.807) is 42.5 Å². The smallest absolute Gasteiger partial charge is 0.340 e. The normalized spacial score (nSPS) is 11.6. The fourth-order valence-electron chi connectivity index (χ4n) is 2.57. The molecule has 3 nitrogen and oxygen atoms in total. The molecule has 130 valence electrons. The Hall–Kier alpha value is -2.72. The zero-order chi connectivity index (χ0) is 18.5. The maximum absolute atomic E-state index is 13.0. The number of hydrogen-bond acceptors (Lipinski definition) is 3. The molecule has 1 atom stereocenters. The van der Waals surface area contributed by atoms with Gasteiger partial charge in [0.25, 0.3) is 0 Å². The summed E-state index contributed by atoms with van der Waals surface area (Å²) in [6, 6.07) is 23.3. The molecule has 0 radical (unpaired) electrons. The minimum Gasteiger partial charge on any atom is -0.445 e. The number of carbonyl (C=O) groups excluding carboxylic acids is 2. The average molecular weight is 409 g/mol. The van der Waals surface area contributed by atoms with Crippen molar-refractivity contribution in [3.05, 3.63) is 106 Å². The third-order valence-electron chi connectivity index (χ3n) is 4.00. The van der Waals surface area contributed by atoms with E-state index in [1.807, 2.05) is 43.3 Å². The van der Waals surface area contributed by atoms with Crippen LogP contribution in [0.15, 0.2) is 83.3 Å². The third kappa shape index (κ3) is 4.09. The van der Waals surface area contributed by atoms with E-state index in [0.29, 0.717) is 21.2 Å². The van der Waals surface area contributed by atoms with Crippen molar-refractivity contribution in [1.82, 2.24) is 0 Å². The summed E-state index contributed by atoms with van der Waals surface area (Å²) in [5.41, 5.74) is 2.58. The van der Waals surface area contributed by atoms with Gasteiger partial charge in [-0.1, -0.05) is 72.3 Å². The molecule has 0 aromatic heterocycles. The average Bonchev–Trinajstić information content (AvgIpc) is 2.67. The number of halogens is 1. The van der Waals surface area contributed by atoms with Crippen molar-refractivity contribution in [3.8, 4) is 0 Å². The van der Waals surface area contributed by atoms with Crippen LogP contribution >= 0.6 is 15.9 Å². The van der Waals surface area contributed by atoms with Gasteiger partial charge in [-0.05, 0) is 35.0 Å². The van der Waals surface area contributed by atoms with Gasteiger partial charge in [0, 0.05) is 15.6 Å². The van der Waals surface area contributed by atoms with Crippen molar-refractivity contribution >= 4 is 27.7 Å². The largest absolute Gasteiger partial charge is 0.445 e. The second-order valence-corrected chi connectivity index (χ2v) is 6.76. The summed E-state index contributed by atoms with van der Waals surface area (Å²) in [7, 11) is 0. The molecule has 0 aliphatic rings. The van der Waals surface area contributed by atoms with Crippen molar-refractivity contribution in [1.29, 1.82) is 0 Å². The molecule has 0 N–H and O–H groups in total. The van der Waals surface area contributed by atoms with E-state index in [0.717, 1.165) is 5.56 Å². The van der Waals surface area contributed by atoms with Crippen molar-refractivity contribution in [2.45, 2.75) is 13.0 Å². The monoisotopic (exact) mass is 408 g/mol. The quantitative estimate of drug-likeness (QED) is 0.411. The van der Waals surface area contributed by atoms with Crippen LogP contribution in [0.4, 0.5) is 0 Å². The molecule has 0 fully saturated rings. The fourth-order valence-corrected chi connectivity index (χ4v) is 3.01. The van der Waals surface area contributed by atoms with Crippen LogP contribution in [0.5, 0.6) is 0 Å². The lowest BCUT2D eigenvalue weighted by Gasteiger charge is -2.18. The molecule has 0 heterocycles. The number of carbonyl (C=O) groups is 2. The molecule has 0 saturated heterocycles. The zero-order valence-corrected chi connectivity index (χ0v) is 15.8. The number of ketones is 1. The summed E-state index contributed by atoms with van der Waals surface area (Å²) in [4.78, 5) is 25.7. The number of ether oxygens (including phenoxy) is 1. The zero-order valence-electron chi connectivity index (χ0n) is 14.2. The van der Waals surface area contributed by atoms with E-state index < -0.39 is 12.1 Å². The molecule has 0 bridgehead atoms. The molecule has 0 aliphatic heterocycles. The van der Waals surface area contributed by atoms with Gasteiger partial charge >= 0.3 is 5.97 Å². The molecule has 26 heavy (non-hydrogen) atoms. The summed E-state index contributed by atoms with van der Waals surface area (Å²) >= 11 is 3.35. The van der Waals surface area contributed by atoms with E-state index in [9.17, 15) is 9.59 Å². The summed E-state index contributed by atoms with van der Waals surface area (Å²) in [6.07, 6.45) is -1.00. The Labute approximate surface area is 160 Å². The van der Waals surface area contributed by atoms with E-state index in [1.165, 1.54) is 0 Å². The third-order valence-corrected chi connectivity index (χ3v) is 4.69. The van der Waals surface area contributed by atoms with Crippen LogP contribution in [-0.4, -0.2) is 11.8 Å². The molecule has 0 aliphatic carbocycles. The van der Waals surface area contributed by atoms with E-state index >= 15 is 0 Å². The minimum absolute atomic E-state index is 0.253. The van der Waals surface area contributed by atoms with Crippen LogP contribution in [-0.2, 0) is 4.74 Å². The molecule has 0 unspecified atom stereocenters. The van der Waals surface area contributed by atoms with Crippen molar-refractivity contribution in [3.63, 3.8) is 0 Å². The van der Waals surface area contributed by atoms with E-state index in [2.05, 4.69) is 15.9 Å². The second-order valence-electron chi connectivity index (χ2n) is 5.91. The highest BCUT2D eigenvalue weighted by molar-refractivity contribution is 9.10. The van der Waals surface area contributed by atoms with Crippen molar-refractivity contribution < 1.29 is 14.3 Å². The first-order valence-corrected chi connectivity index (χ1v) is 8.97. The predicted molar refractivity (Wildman–Crippen MR) is 104 cm³/mol. The van der Waals surface area contributed by atoms with Gasteiger partial charge in [-0.2, -0.15) is 0 Å². The standard InChI is InChI=1S/C22H17BrO3/c1-15-11-13-16(14-12-15)20(24)21(17-7-3-2-4-8-17)26-22(25)18-9-5-6-10-19(18)23/h2-14,21H,1H3/t21-/m0/s1. The Morgan fingerprint density at radius 2 is 1.46 bits per heavy atom. The van der Waals surface area contributed by atoms with Gasteiger partial charge < -0.3 is 4.74 Å². The molecule has 3 aromatic carbocycles. The van der Waals surface area contributed by atoms with Crippen LogP contribution < -0.4 is 0 Å². The van der Waals surface area contributed by atoms with Crippen molar-refractivity contribution in [2.75, 3.05) is 0 Å². The van der Waals surface area contributed by atoms with Crippen LogP contribution in [0.25, 0.3) is 0 Å². The SMILES string of the molecule is Cc1ccc(C(=O)[C@@H](OC(=O)c2ccccc2Br)c2ccccc2)cc1. The Kier molecular flexibility index (Phi) is 5.64. The van der Waals surface area contributed by atoms with Gasteiger partial charge in [-0.3, -0.25) is 4.79 Å². The molecule has 3 rings (SSSR count). The van der Waals surface area contributed by atoms with Gasteiger partial charge in [0.1, 0.15) is 0 Å². The van der Waals surface area contributed by atoms with Gasteiger partial charge in [0.05, 0.1) is 5.56 Å². The van der Waals surface area contributed by atoms with Crippen LogP contribution in [0, 0.1) is 6.92 Å². The van der Waals surface area contributed by atoms with Crippen LogP contribution in [0.2, 0.25) is 0 Å². The van der Waals surface area contributed by atoms with Crippen LogP contribution in [0.1, 0.15) is 37.9 Å². The molecule has 4 heteroatoms. The van der Waals surface area contributed by atoms with E-state index in [4.69, 9.17) is 4.74 Å². The van der Waals surface area contributed by atoms with Gasteiger partial charge in [-0.15, -0.1) is 0 Å². The Morgan fingerprint density at radius 1 is 0.846 bits per heavy atom.